The summed E-state index contributed by atoms with van der Waals surface area (Å²) in [6, 6.07) is 126. The van der Waals surface area contributed by atoms with E-state index in [4.69, 9.17) is 0 Å². The normalized spacial score (nSPS) is 11.7. The molecule has 0 saturated carbocycles. The fraction of sp³-hybridized carbons (Fsp3) is 0. The van der Waals surface area contributed by atoms with Crippen LogP contribution in [0.2, 0.25) is 0 Å². The number of thiophene rings is 1. The summed E-state index contributed by atoms with van der Waals surface area (Å²) < 4.78 is 2.62. The van der Waals surface area contributed by atoms with Gasteiger partial charge in [-0.1, -0.05) is 249 Å². The van der Waals surface area contributed by atoms with E-state index in [1.807, 2.05) is 11.3 Å². The lowest BCUT2D eigenvalue weighted by Gasteiger charge is -2.28. The first-order valence-corrected chi connectivity index (χ1v) is 32.1. The first-order valence-electron chi connectivity index (χ1n) is 31.3. The smallest absolute Gasteiger partial charge is 0.0546 e. The largest absolute Gasteiger partial charge is 0.310 e. The van der Waals surface area contributed by atoms with Crippen molar-refractivity contribution in [2.45, 2.75) is 0 Å². The van der Waals surface area contributed by atoms with Crippen LogP contribution in [0.4, 0.5) is 34.1 Å². The number of hydrogen-bond acceptors (Lipinski definition) is 3. The zero-order chi connectivity index (χ0) is 59.9. The van der Waals surface area contributed by atoms with Crippen molar-refractivity contribution in [3.8, 4) is 44.5 Å². The lowest BCUT2D eigenvalue weighted by molar-refractivity contribution is 1.29. The highest BCUT2D eigenvalue weighted by molar-refractivity contribution is 7.26. The van der Waals surface area contributed by atoms with E-state index >= 15 is 0 Å². The van der Waals surface area contributed by atoms with Crippen LogP contribution in [-0.2, 0) is 0 Å². The summed E-state index contributed by atoms with van der Waals surface area (Å²) in [7, 11) is 0. The van der Waals surface area contributed by atoms with Gasteiger partial charge in [-0.3, -0.25) is 0 Å². The van der Waals surface area contributed by atoms with Gasteiger partial charge < -0.3 is 9.80 Å². The average Bonchev–Trinajstić information content (AvgIpc) is 1.60. The Morgan fingerprint density at radius 3 is 1.27 bits per heavy atom. The third-order valence-corrected chi connectivity index (χ3v) is 19.9. The van der Waals surface area contributed by atoms with Gasteiger partial charge in [0.15, 0.2) is 0 Å². The molecule has 2 nitrogen and oxygen atoms in total. The zero-order valence-corrected chi connectivity index (χ0v) is 50.5. The maximum Gasteiger partial charge on any atom is 0.0546 e. The van der Waals surface area contributed by atoms with Crippen molar-refractivity contribution < 1.29 is 0 Å². The molecule has 0 atom stereocenters. The Bertz CT molecular complexity index is 5900. The molecule has 0 saturated heterocycles. The Morgan fingerprint density at radius 2 is 0.604 bits per heavy atom. The van der Waals surface area contributed by atoms with E-state index in [1.54, 1.807) is 0 Å². The molecule has 0 bridgehead atoms. The summed E-state index contributed by atoms with van der Waals surface area (Å²) in [6.07, 6.45) is 0. The van der Waals surface area contributed by atoms with E-state index in [1.165, 1.54) is 129 Å². The Kier molecular flexibility index (Phi) is 12.5. The molecule has 0 aliphatic rings. The van der Waals surface area contributed by atoms with Crippen molar-refractivity contribution in [3.63, 3.8) is 0 Å². The van der Waals surface area contributed by atoms with Gasteiger partial charge in [-0.2, -0.15) is 0 Å². The second-order valence-electron chi connectivity index (χ2n) is 24.0. The third kappa shape index (κ3) is 9.08. The van der Waals surface area contributed by atoms with Crippen molar-refractivity contribution in [2.24, 2.45) is 0 Å². The Labute approximate surface area is 531 Å². The minimum Gasteiger partial charge on any atom is -0.310 e. The zero-order valence-electron chi connectivity index (χ0n) is 49.6. The number of rotatable bonds is 10. The quantitative estimate of drug-likeness (QED) is 0.126. The number of hydrogen-bond donors (Lipinski definition) is 0. The van der Waals surface area contributed by atoms with Crippen LogP contribution in [0.5, 0.6) is 0 Å². The summed E-state index contributed by atoms with van der Waals surface area (Å²) in [5, 5.41) is 20.0. The predicted molar refractivity (Wildman–Crippen MR) is 393 cm³/mol. The van der Waals surface area contributed by atoms with Gasteiger partial charge in [0.05, 0.1) is 5.69 Å². The molecule has 18 rings (SSSR count). The van der Waals surface area contributed by atoms with Crippen LogP contribution in [0.3, 0.4) is 0 Å². The molecule has 0 fully saturated rings. The maximum absolute atomic E-state index is 2.47. The van der Waals surface area contributed by atoms with E-state index in [0.717, 1.165) is 45.3 Å². The van der Waals surface area contributed by atoms with Crippen LogP contribution in [0, 0.1) is 0 Å². The standard InChI is InChI=1S/C88H56N2S/c1-2-16-57(17-3-1)63-40-48-78-68(50-63)34-35-69-54-74(46-49-79(69)78)89(70-42-36-58(37-43-70)64-41-47-77-67(51-64)33-32-59-18-4-7-25-75(59)77)72-23-14-21-61(52-72)62-22-15-24-73(53-62)90(85-56-66-20-5-8-26-76(66)81-28-10-11-29-82(81)85)71-44-38-60(39-45-71)84-55-65-19-6-9-27-80(65)87-83-30-12-13-31-86(83)91-88(84)87/h1-56H. The topological polar surface area (TPSA) is 6.48 Å². The molecule has 3 heteroatoms. The van der Waals surface area contributed by atoms with Gasteiger partial charge in [-0.05, 0) is 200 Å². The van der Waals surface area contributed by atoms with Gasteiger partial charge in [-0.15, -0.1) is 11.3 Å². The lowest BCUT2D eigenvalue weighted by atomic mass is 9.96. The molecular weight excluding hydrogens is 1120 g/mol. The molecule has 0 amide bonds. The van der Waals surface area contributed by atoms with Crippen molar-refractivity contribution >= 4 is 141 Å². The minimum absolute atomic E-state index is 1.07. The van der Waals surface area contributed by atoms with Crippen LogP contribution in [0.15, 0.2) is 340 Å². The molecule has 0 spiro atoms. The molecule has 91 heavy (non-hydrogen) atoms. The van der Waals surface area contributed by atoms with Crippen LogP contribution in [-0.4, -0.2) is 0 Å². The molecule has 0 aliphatic heterocycles. The number of benzene rings is 17. The molecule has 1 heterocycles. The highest BCUT2D eigenvalue weighted by Crippen LogP contribution is 2.48. The highest BCUT2D eigenvalue weighted by atomic mass is 32.1. The Morgan fingerprint density at radius 1 is 0.198 bits per heavy atom. The summed E-state index contributed by atoms with van der Waals surface area (Å²) in [4.78, 5) is 4.89. The molecule has 424 valence electrons. The second-order valence-corrected chi connectivity index (χ2v) is 25.0. The van der Waals surface area contributed by atoms with E-state index in [9.17, 15) is 0 Å². The number of nitrogens with zero attached hydrogens (tertiary/aromatic N) is 2. The second kappa shape index (κ2) is 21.6. The monoisotopic (exact) mass is 1170 g/mol. The van der Waals surface area contributed by atoms with Gasteiger partial charge in [0, 0.05) is 59.6 Å². The van der Waals surface area contributed by atoms with Gasteiger partial charge in [0.2, 0.25) is 0 Å². The summed E-state index contributed by atoms with van der Waals surface area (Å²) in [5.41, 5.74) is 16.0. The summed E-state index contributed by atoms with van der Waals surface area (Å²) in [5.74, 6) is 0. The van der Waals surface area contributed by atoms with Crippen molar-refractivity contribution in [3.05, 3.63) is 340 Å². The van der Waals surface area contributed by atoms with Crippen molar-refractivity contribution in [2.75, 3.05) is 9.80 Å². The molecular formula is C88H56N2S. The number of fused-ring (bicyclic) bond motifs is 14. The van der Waals surface area contributed by atoms with Gasteiger partial charge in [-0.25, -0.2) is 0 Å². The number of anilines is 6. The van der Waals surface area contributed by atoms with Crippen molar-refractivity contribution in [1.82, 2.24) is 0 Å². The fourth-order valence-electron chi connectivity index (χ4n) is 14.3. The first kappa shape index (κ1) is 52.5. The average molecular weight is 1170 g/mol. The van der Waals surface area contributed by atoms with Crippen LogP contribution in [0.1, 0.15) is 0 Å². The van der Waals surface area contributed by atoms with E-state index in [2.05, 4.69) is 350 Å². The van der Waals surface area contributed by atoms with Crippen LogP contribution >= 0.6 is 11.3 Å². The van der Waals surface area contributed by atoms with Crippen LogP contribution < -0.4 is 9.80 Å². The molecule has 0 N–H and O–H groups in total. The predicted octanol–water partition coefficient (Wildman–Crippen LogP) is 25.7. The first-order chi connectivity index (χ1) is 45.1. The van der Waals surface area contributed by atoms with Gasteiger partial charge >= 0.3 is 0 Å². The molecule has 1 aromatic heterocycles. The third-order valence-electron chi connectivity index (χ3n) is 18.7. The fourth-order valence-corrected chi connectivity index (χ4v) is 15.6. The molecule has 0 unspecified atom stereocenters. The van der Waals surface area contributed by atoms with Gasteiger partial charge in [0.1, 0.15) is 0 Å². The minimum atomic E-state index is 1.07. The molecule has 0 aliphatic carbocycles. The molecule has 0 radical (unpaired) electrons. The Hall–Kier alpha value is -11.6. The van der Waals surface area contributed by atoms with E-state index in [-0.39, 0.29) is 0 Å². The molecule has 18 aromatic rings. The summed E-state index contributed by atoms with van der Waals surface area (Å²) >= 11 is 1.89. The highest BCUT2D eigenvalue weighted by Gasteiger charge is 2.22. The van der Waals surface area contributed by atoms with E-state index < -0.39 is 0 Å². The van der Waals surface area contributed by atoms with Crippen molar-refractivity contribution in [1.29, 1.82) is 0 Å². The van der Waals surface area contributed by atoms with E-state index in [0.29, 0.717) is 0 Å². The maximum atomic E-state index is 2.47. The Balaban J connectivity index is 0.761. The SMILES string of the molecule is c1ccc(-c2ccc3c(ccc4cc(N(c5ccc(-c6ccc7c(ccc8ccccc87)c6)cc5)c5cccc(-c6cccc(N(c7ccc(-c8cc9ccccc9c9c8sc8ccccc89)cc7)c7cc8ccccc8c8ccccc78)c6)c5)ccc43)c2)cc1. The molecule has 17 aromatic carbocycles. The van der Waals surface area contributed by atoms with Crippen LogP contribution in [0.25, 0.3) is 140 Å². The lowest BCUT2D eigenvalue weighted by Crippen LogP contribution is -2.11. The van der Waals surface area contributed by atoms with Gasteiger partial charge in [0.25, 0.3) is 0 Å². The summed E-state index contributed by atoms with van der Waals surface area (Å²) in [6.45, 7) is 0.